The Morgan fingerprint density at radius 1 is 1.73 bits per heavy atom. The minimum absolute atomic E-state index is 0.0942. The molecule has 1 aromatic rings. The van der Waals surface area contributed by atoms with Crippen LogP contribution in [0.2, 0.25) is 5.15 Å². The molecular weight excluding hydrogens is 214 g/mol. The molecule has 0 aliphatic heterocycles. The van der Waals surface area contributed by atoms with E-state index in [9.17, 15) is 4.79 Å². The molecular formula is C10H10ClN3O. The quantitative estimate of drug-likeness (QED) is 0.786. The lowest BCUT2D eigenvalue weighted by Gasteiger charge is -2.09. The van der Waals surface area contributed by atoms with Gasteiger partial charge in [-0.1, -0.05) is 11.6 Å². The van der Waals surface area contributed by atoms with E-state index in [-0.39, 0.29) is 22.8 Å². The molecule has 0 aromatic carbocycles. The lowest BCUT2D eigenvalue weighted by atomic mass is 10.2. The second-order valence-electron chi connectivity index (χ2n) is 3.01. The molecule has 1 heterocycles. The lowest BCUT2D eigenvalue weighted by molar-refractivity contribution is 0.0935. The van der Waals surface area contributed by atoms with Crippen LogP contribution in [0.3, 0.4) is 0 Å². The molecule has 1 rings (SSSR count). The van der Waals surface area contributed by atoms with Crippen LogP contribution in [0.1, 0.15) is 23.8 Å². The molecule has 0 aliphatic carbocycles. The normalized spacial score (nSPS) is 11.5. The van der Waals surface area contributed by atoms with Gasteiger partial charge in [-0.25, -0.2) is 4.98 Å². The molecule has 78 valence electrons. The van der Waals surface area contributed by atoms with Crippen molar-refractivity contribution in [3.8, 4) is 12.3 Å². The van der Waals surface area contributed by atoms with Crippen LogP contribution < -0.4 is 5.32 Å². The van der Waals surface area contributed by atoms with Gasteiger partial charge in [0.05, 0.1) is 12.4 Å². The lowest BCUT2D eigenvalue weighted by Crippen LogP contribution is -2.32. The van der Waals surface area contributed by atoms with Crippen LogP contribution >= 0.6 is 11.6 Å². The largest absolute Gasteiger partial charge is 0.347 e. The molecule has 0 saturated heterocycles. The van der Waals surface area contributed by atoms with Crippen LogP contribution in [0.15, 0.2) is 12.4 Å². The predicted molar refractivity (Wildman–Crippen MR) is 57.4 cm³/mol. The molecule has 1 aromatic heterocycles. The number of amides is 1. The first-order valence-electron chi connectivity index (χ1n) is 4.35. The number of carbonyl (C=O) groups is 1. The van der Waals surface area contributed by atoms with Crippen molar-refractivity contribution in [1.82, 2.24) is 15.3 Å². The van der Waals surface area contributed by atoms with Crippen LogP contribution in [0.5, 0.6) is 0 Å². The van der Waals surface area contributed by atoms with Crippen molar-refractivity contribution in [3.05, 3.63) is 23.2 Å². The fourth-order valence-electron chi connectivity index (χ4n) is 0.977. The summed E-state index contributed by atoms with van der Waals surface area (Å²) in [4.78, 5) is 19.1. The van der Waals surface area contributed by atoms with E-state index in [1.807, 2.05) is 6.92 Å². The van der Waals surface area contributed by atoms with Crippen molar-refractivity contribution in [2.45, 2.75) is 19.4 Å². The molecule has 1 atom stereocenters. The third kappa shape index (κ3) is 3.56. The number of nitrogens with one attached hydrogen (secondary N) is 1. The Labute approximate surface area is 93.1 Å². The van der Waals surface area contributed by atoms with E-state index in [2.05, 4.69) is 21.2 Å². The molecule has 4 nitrogen and oxygen atoms in total. The Balaban J connectivity index is 2.66. The summed E-state index contributed by atoms with van der Waals surface area (Å²) < 4.78 is 0. The minimum Gasteiger partial charge on any atom is -0.347 e. The summed E-state index contributed by atoms with van der Waals surface area (Å²) in [5.74, 6) is 2.13. The molecule has 1 unspecified atom stereocenters. The maximum atomic E-state index is 11.5. The fraction of sp³-hybridized carbons (Fsp3) is 0.300. The SMILES string of the molecule is C#CCC(C)NC(=O)c1cncc(Cl)n1. The average Bonchev–Trinajstić information content (AvgIpc) is 2.18. The highest BCUT2D eigenvalue weighted by atomic mass is 35.5. The Kier molecular flexibility index (Phi) is 4.07. The predicted octanol–water partition coefficient (Wildman–Crippen LogP) is 1.27. The summed E-state index contributed by atoms with van der Waals surface area (Å²) in [5.41, 5.74) is 0.186. The van der Waals surface area contributed by atoms with Gasteiger partial charge in [-0.2, -0.15) is 0 Å². The average molecular weight is 224 g/mol. The minimum atomic E-state index is -0.326. The number of nitrogens with zero attached hydrogens (tertiary/aromatic N) is 2. The second-order valence-corrected chi connectivity index (χ2v) is 3.40. The second kappa shape index (κ2) is 5.32. The van der Waals surface area contributed by atoms with Crippen molar-refractivity contribution in [2.24, 2.45) is 0 Å². The van der Waals surface area contributed by atoms with Crippen molar-refractivity contribution < 1.29 is 4.79 Å². The van der Waals surface area contributed by atoms with Gasteiger partial charge in [-0.05, 0) is 6.92 Å². The van der Waals surface area contributed by atoms with E-state index < -0.39 is 0 Å². The standard InChI is InChI=1S/C10H10ClN3O/c1-3-4-7(2)13-10(15)8-5-12-6-9(11)14-8/h1,5-7H,4H2,2H3,(H,13,15). The number of halogens is 1. The van der Waals surface area contributed by atoms with Gasteiger partial charge in [0.2, 0.25) is 0 Å². The molecule has 0 aliphatic rings. The third-order valence-corrected chi connectivity index (χ3v) is 1.82. The van der Waals surface area contributed by atoms with E-state index in [0.29, 0.717) is 6.42 Å². The van der Waals surface area contributed by atoms with Gasteiger partial charge < -0.3 is 5.32 Å². The van der Waals surface area contributed by atoms with Crippen LogP contribution in [0.25, 0.3) is 0 Å². The van der Waals surface area contributed by atoms with E-state index in [0.717, 1.165) is 0 Å². The number of rotatable bonds is 3. The van der Waals surface area contributed by atoms with Crippen LogP contribution in [0, 0.1) is 12.3 Å². The van der Waals surface area contributed by atoms with Crippen LogP contribution in [0.4, 0.5) is 0 Å². The van der Waals surface area contributed by atoms with Crippen molar-refractivity contribution in [1.29, 1.82) is 0 Å². The van der Waals surface area contributed by atoms with E-state index >= 15 is 0 Å². The van der Waals surface area contributed by atoms with Crippen molar-refractivity contribution in [3.63, 3.8) is 0 Å². The van der Waals surface area contributed by atoms with Gasteiger partial charge in [0.25, 0.3) is 5.91 Å². The molecule has 0 radical (unpaired) electrons. The fourth-order valence-corrected chi connectivity index (χ4v) is 1.12. The third-order valence-electron chi connectivity index (χ3n) is 1.64. The van der Waals surface area contributed by atoms with E-state index in [1.165, 1.54) is 12.4 Å². The van der Waals surface area contributed by atoms with Crippen LogP contribution in [-0.2, 0) is 0 Å². The van der Waals surface area contributed by atoms with Gasteiger partial charge in [-0.3, -0.25) is 9.78 Å². The molecule has 1 N–H and O–H groups in total. The molecule has 15 heavy (non-hydrogen) atoms. The summed E-state index contributed by atoms with van der Waals surface area (Å²) in [7, 11) is 0. The van der Waals surface area contributed by atoms with Gasteiger partial charge >= 0.3 is 0 Å². The summed E-state index contributed by atoms with van der Waals surface area (Å²) in [6.45, 7) is 1.82. The van der Waals surface area contributed by atoms with Gasteiger partial charge in [0.1, 0.15) is 10.8 Å². The number of terminal acetylenes is 1. The highest BCUT2D eigenvalue weighted by Crippen LogP contribution is 2.02. The highest BCUT2D eigenvalue weighted by Gasteiger charge is 2.10. The van der Waals surface area contributed by atoms with Gasteiger partial charge in [0.15, 0.2) is 0 Å². The summed E-state index contributed by atoms with van der Waals surface area (Å²) >= 11 is 5.60. The maximum Gasteiger partial charge on any atom is 0.271 e. The van der Waals surface area contributed by atoms with Crippen molar-refractivity contribution >= 4 is 17.5 Å². The molecule has 0 bridgehead atoms. The first-order chi connectivity index (χ1) is 7.13. The number of hydrogen-bond acceptors (Lipinski definition) is 3. The number of hydrogen-bond donors (Lipinski definition) is 1. The Bertz CT molecular complexity index is 400. The van der Waals surface area contributed by atoms with E-state index in [4.69, 9.17) is 18.0 Å². The zero-order chi connectivity index (χ0) is 11.3. The van der Waals surface area contributed by atoms with E-state index in [1.54, 1.807) is 0 Å². The molecule has 1 amide bonds. The molecule has 0 spiro atoms. The monoisotopic (exact) mass is 223 g/mol. The van der Waals surface area contributed by atoms with Gasteiger partial charge in [0, 0.05) is 12.5 Å². The number of aromatic nitrogens is 2. The maximum absolute atomic E-state index is 11.5. The summed E-state index contributed by atoms with van der Waals surface area (Å²) in [6, 6.07) is -0.0942. The zero-order valence-electron chi connectivity index (χ0n) is 8.20. The van der Waals surface area contributed by atoms with Crippen LogP contribution in [-0.4, -0.2) is 21.9 Å². The topological polar surface area (TPSA) is 54.9 Å². The highest BCUT2D eigenvalue weighted by molar-refractivity contribution is 6.29. The zero-order valence-corrected chi connectivity index (χ0v) is 8.95. The Morgan fingerprint density at radius 3 is 3.07 bits per heavy atom. The Morgan fingerprint density at radius 2 is 2.47 bits per heavy atom. The summed E-state index contributed by atoms with van der Waals surface area (Å²) in [5, 5.41) is 2.87. The molecule has 0 saturated carbocycles. The van der Waals surface area contributed by atoms with Gasteiger partial charge in [-0.15, -0.1) is 12.3 Å². The first kappa shape index (κ1) is 11.5. The smallest absolute Gasteiger partial charge is 0.271 e. The molecule has 0 fully saturated rings. The Hall–Kier alpha value is -1.60. The van der Waals surface area contributed by atoms with Crippen molar-refractivity contribution in [2.75, 3.05) is 0 Å². The molecule has 5 heteroatoms. The number of carbonyl (C=O) groups excluding carboxylic acids is 1. The first-order valence-corrected chi connectivity index (χ1v) is 4.73. The summed E-state index contributed by atoms with van der Waals surface area (Å²) in [6.07, 6.45) is 8.30.